The van der Waals surface area contributed by atoms with Crippen LogP contribution in [-0.2, 0) is 9.63 Å². The molecular weight excluding hydrogens is 376 g/mol. The summed E-state index contributed by atoms with van der Waals surface area (Å²) < 4.78 is 0. The van der Waals surface area contributed by atoms with Crippen molar-refractivity contribution < 1.29 is 14.7 Å². The molecule has 0 radical (unpaired) electrons. The summed E-state index contributed by atoms with van der Waals surface area (Å²) >= 11 is 6.00. The number of hydrogen-bond donors (Lipinski definition) is 2. The van der Waals surface area contributed by atoms with Crippen molar-refractivity contribution in [3.63, 3.8) is 0 Å². The van der Waals surface area contributed by atoms with Crippen molar-refractivity contribution in [3.05, 3.63) is 64.4 Å². The second kappa shape index (κ2) is 7.24. The Balaban J connectivity index is 1.74. The fourth-order valence-electron chi connectivity index (χ4n) is 4.06. The van der Waals surface area contributed by atoms with Crippen LogP contribution in [0.5, 0.6) is 0 Å². The molecule has 6 heteroatoms. The Kier molecular flexibility index (Phi) is 4.91. The fourth-order valence-corrected chi connectivity index (χ4v) is 4.19. The molecule has 1 amide bonds. The molecule has 2 heterocycles. The Hall–Kier alpha value is -2.34. The summed E-state index contributed by atoms with van der Waals surface area (Å²) in [6.07, 6.45) is 1.22. The average Bonchev–Trinajstić information content (AvgIpc) is 2.93. The van der Waals surface area contributed by atoms with Crippen LogP contribution in [-0.4, -0.2) is 41.8 Å². The monoisotopic (exact) mass is 398 g/mol. The largest absolute Gasteiger partial charge is 0.509 e. The molecule has 2 aliphatic heterocycles. The highest BCUT2D eigenvalue weighted by Gasteiger charge is 2.48. The Morgan fingerprint density at radius 1 is 1.11 bits per heavy atom. The second-order valence-corrected chi connectivity index (χ2v) is 7.84. The van der Waals surface area contributed by atoms with Crippen LogP contribution in [0.4, 0.5) is 0 Å². The number of benzene rings is 2. The van der Waals surface area contributed by atoms with E-state index in [4.69, 9.17) is 16.4 Å². The van der Waals surface area contributed by atoms with Crippen LogP contribution in [0.2, 0.25) is 5.02 Å². The number of halogens is 1. The SMILES string of the molecule is CON1CCC2(CC1)NC(=O)C(c1cc(-c3ccc(Cl)cc3)ccc1C)=C2O. The van der Waals surface area contributed by atoms with Gasteiger partial charge in [-0.1, -0.05) is 35.9 Å². The van der Waals surface area contributed by atoms with Crippen molar-refractivity contribution in [3.8, 4) is 11.1 Å². The number of aliphatic hydroxyl groups excluding tert-OH is 1. The Bertz CT molecular complexity index is 945. The first-order chi connectivity index (χ1) is 13.4. The lowest BCUT2D eigenvalue weighted by Crippen LogP contribution is -2.52. The zero-order chi connectivity index (χ0) is 19.9. The van der Waals surface area contributed by atoms with Crippen LogP contribution in [0.3, 0.4) is 0 Å². The molecule has 1 fully saturated rings. The first-order valence-electron chi connectivity index (χ1n) is 9.36. The second-order valence-electron chi connectivity index (χ2n) is 7.41. The number of aryl methyl sites for hydroxylation is 1. The number of nitrogens with one attached hydrogen (secondary N) is 1. The summed E-state index contributed by atoms with van der Waals surface area (Å²) in [7, 11) is 1.64. The maximum Gasteiger partial charge on any atom is 0.256 e. The van der Waals surface area contributed by atoms with Crippen molar-refractivity contribution in [2.45, 2.75) is 25.3 Å². The smallest absolute Gasteiger partial charge is 0.256 e. The minimum atomic E-state index is -0.704. The molecular formula is C22H23ClN2O3. The molecule has 0 atom stereocenters. The van der Waals surface area contributed by atoms with Gasteiger partial charge in [0.25, 0.3) is 5.91 Å². The summed E-state index contributed by atoms with van der Waals surface area (Å²) in [6.45, 7) is 3.25. The van der Waals surface area contributed by atoms with Crippen molar-refractivity contribution in [1.29, 1.82) is 0 Å². The number of rotatable bonds is 3. The topological polar surface area (TPSA) is 61.8 Å². The summed E-state index contributed by atoms with van der Waals surface area (Å²) in [6, 6.07) is 13.5. The van der Waals surface area contributed by atoms with Crippen molar-refractivity contribution in [2.24, 2.45) is 0 Å². The van der Waals surface area contributed by atoms with E-state index in [1.807, 2.05) is 54.5 Å². The highest BCUT2D eigenvalue weighted by atomic mass is 35.5. The van der Waals surface area contributed by atoms with Gasteiger partial charge < -0.3 is 15.3 Å². The van der Waals surface area contributed by atoms with Crippen LogP contribution in [0.1, 0.15) is 24.0 Å². The maximum absolute atomic E-state index is 12.9. The molecule has 0 bridgehead atoms. The summed E-state index contributed by atoms with van der Waals surface area (Å²) in [5.74, 6) is -0.0793. The van der Waals surface area contributed by atoms with E-state index in [0.29, 0.717) is 36.5 Å². The van der Waals surface area contributed by atoms with Gasteiger partial charge in [0.1, 0.15) is 11.3 Å². The summed E-state index contributed by atoms with van der Waals surface area (Å²) in [4.78, 5) is 18.1. The molecule has 0 unspecified atom stereocenters. The van der Waals surface area contributed by atoms with Gasteiger partial charge in [-0.3, -0.25) is 4.79 Å². The van der Waals surface area contributed by atoms with E-state index in [0.717, 1.165) is 22.3 Å². The standard InChI is InChI=1S/C22H23ClN2O3/c1-14-3-4-16(15-5-7-17(23)8-6-15)13-18(14)19-20(26)22(24-21(19)27)9-11-25(28-2)12-10-22/h3-8,13,26H,9-12H2,1-2H3,(H,24,27). The molecule has 2 aromatic carbocycles. The highest BCUT2D eigenvalue weighted by Crippen LogP contribution is 2.40. The van der Waals surface area contributed by atoms with Gasteiger partial charge in [0.2, 0.25) is 0 Å². The third kappa shape index (κ3) is 3.20. The number of carbonyl (C=O) groups is 1. The van der Waals surface area contributed by atoms with Gasteiger partial charge in [0, 0.05) is 18.1 Å². The van der Waals surface area contributed by atoms with Crippen molar-refractivity contribution in [1.82, 2.24) is 10.4 Å². The normalized spacial score (nSPS) is 19.3. The third-order valence-electron chi connectivity index (χ3n) is 5.79. The number of piperidine rings is 1. The van der Waals surface area contributed by atoms with Gasteiger partial charge in [0.15, 0.2) is 0 Å². The minimum Gasteiger partial charge on any atom is -0.509 e. The van der Waals surface area contributed by atoms with E-state index in [-0.39, 0.29) is 11.7 Å². The first-order valence-corrected chi connectivity index (χ1v) is 9.73. The summed E-state index contributed by atoms with van der Waals surface area (Å²) in [5.41, 5.74) is 3.35. The summed E-state index contributed by atoms with van der Waals surface area (Å²) in [5, 5.41) is 16.7. The van der Waals surface area contributed by atoms with E-state index in [1.165, 1.54) is 0 Å². The van der Waals surface area contributed by atoms with Crippen LogP contribution in [0, 0.1) is 6.92 Å². The van der Waals surface area contributed by atoms with Gasteiger partial charge in [-0.15, -0.1) is 0 Å². The molecule has 4 rings (SSSR count). The van der Waals surface area contributed by atoms with Crippen molar-refractivity contribution >= 4 is 23.1 Å². The Labute approximate surface area is 169 Å². The highest BCUT2D eigenvalue weighted by molar-refractivity contribution is 6.30. The van der Waals surface area contributed by atoms with Crippen LogP contribution in [0.25, 0.3) is 16.7 Å². The number of aliphatic hydroxyl groups is 1. The molecule has 2 N–H and O–H groups in total. The predicted molar refractivity (Wildman–Crippen MR) is 110 cm³/mol. The lowest BCUT2D eigenvalue weighted by atomic mass is 9.85. The van der Waals surface area contributed by atoms with Gasteiger partial charge in [-0.25, -0.2) is 0 Å². The van der Waals surface area contributed by atoms with E-state index in [1.54, 1.807) is 7.11 Å². The minimum absolute atomic E-state index is 0.143. The van der Waals surface area contributed by atoms with E-state index < -0.39 is 5.54 Å². The molecule has 2 aromatic rings. The molecule has 1 saturated heterocycles. The van der Waals surface area contributed by atoms with Crippen molar-refractivity contribution in [2.75, 3.05) is 20.2 Å². The molecule has 146 valence electrons. The number of hydroxylamine groups is 2. The van der Waals surface area contributed by atoms with E-state index in [9.17, 15) is 9.90 Å². The van der Waals surface area contributed by atoms with E-state index >= 15 is 0 Å². The van der Waals surface area contributed by atoms with Crippen LogP contribution < -0.4 is 5.32 Å². The molecule has 0 aromatic heterocycles. The molecule has 28 heavy (non-hydrogen) atoms. The fraction of sp³-hybridized carbons (Fsp3) is 0.318. The number of hydrogen-bond acceptors (Lipinski definition) is 4. The van der Waals surface area contributed by atoms with Crippen LogP contribution in [0.15, 0.2) is 48.2 Å². The van der Waals surface area contributed by atoms with Gasteiger partial charge in [-0.2, -0.15) is 5.06 Å². The Morgan fingerprint density at radius 3 is 2.39 bits per heavy atom. The van der Waals surface area contributed by atoms with Crippen LogP contribution >= 0.6 is 11.6 Å². The molecule has 5 nitrogen and oxygen atoms in total. The molecule has 1 spiro atoms. The zero-order valence-corrected chi connectivity index (χ0v) is 16.7. The van der Waals surface area contributed by atoms with E-state index in [2.05, 4.69) is 5.32 Å². The average molecular weight is 399 g/mol. The lowest BCUT2D eigenvalue weighted by molar-refractivity contribution is -0.152. The number of nitrogens with zero attached hydrogens (tertiary/aromatic N) is 1. The third-order valence-corrected chi connectivity index (χ3v) is 6.04. The molecule has 0 saturated carbocycles. The Morgan fingerprint density at radius 2 is 1.75 bits per heavy atom. The maximum atomic E-state index is 12.9. The number of amides is 1. The first kappa shape index (κ1) is 19.0. The zero-order valence-electron chi connectivity index (χ0n) is 16.0. The molecule has 0 aliphatic carbocycles. The quantitative estimate of drug-likeness (QED) is 0.816. The number of carbonyl (C=O) groups excluding carboxylic acids is 1. The van der Waals surface area contributed by atoms with Gasteiger partial charge in [0.05, 0.1) is 12.7 Å². The van der Waals surface area contributed by atoms with Gasteiger partial charge in [-0.05, 0) is 60.2 Å². The molecule has 2 aliphatic rings. The van der Waals surface area contributed by atoms with Gasteiger partial charge >= 0.3 is 0 Å². The lowest BCUT2D eigenvalue weighted by Gasteiger charge is -2.37. The predicted octanol–water partition coefficient (Wildman–Crippen LogP) is 4.11.